The number of likely N-dealkylation sites (N-methyl/N-ethyl adjacent to an activating group) is 2. The molecule has 1 unspecified atom stereocenters. The van der Waals surface area contributed by atoms with E-state index in [-0.39, 0.29) is 11.9 Å². The average molecular weight is 351 g/mol. The van der Waals surface area contributed by atoms with Crippen molar-refractivity contribution in [3.63, 3.8) is 0 Å². The van der Waals surface area contributed by atoms with Crippen molar-refractivity contribution in [2.24, 2.45) is 4.99 Å². The summed E-state index contributed by atoms with van der Waals surface area (Å²) in [6.07, 6.45) is 4.78. The van der Waals surface area contributed by atoms with Crippen LogP contribution in [0.15, 0.2) is 17.1 Å². The number of thioether (sulfide) groups is 1. The van der Waals surface area contributed by atoms with Gasteiger partial charge in [-0.05, 0) is 35.7 Å². The Morgan fingerprint density at radius 3 is 2.58 bits per heavy atom. The molecule has 24 heavy (non-hydrogen) atoms. The van der Waals surface area contributed by atoms with Gasteiger partial charge in [0.05, 0.1) is 0 Å². The summed E-state index contributed by atoms with van der Waals surface area (Å²) in [4.78, 5) is 32.0. The molecule has 1 atom stereocenters. The van der Waals surface area contributed by atoms with E-state index < -0.39 is 6.04 Å². The molecule has 0 saturated carbocycles. The van der Waals surface area contributed by atoms with Crippen LogP contribution in [0.1, 0.15) is 39.5 Å². The molecule has 132 valence electrons. The van der Waals surface area contributed by atoms with Crippen LogP contribution in [0.5, 0.6) is 0 Å². The van der Waals surface area contributed by atoms with E-state index in [0.29, 0.717) is 12.4 Å². The Kier molecular flexibility index (Phi) is 6.21. The average Bonchev–Trinajstić information content (AvgIpc) is 2.88. The molecule has 2 rings (SSSR count). The van der Waals surface area contributed by atoms with E-state index >= 15 is 0 Å². The first-order chi connectivity index (χ1) is 11.4. The lowest BCUT2D eigenvalue weighted by Gasteiger charge is -2.30. The monoisotopic (exact) mass is 351 g/mol. The van der Waals surface area contributed by atoms with E-state index in [1.165, 1.54) is 36.1 Å². The third-order valence-electron chi connectivity index (χ3n) is 4.16. The van der Waals surface area contributed by atoms with E-state index in [1.807, 2.05) is 11.5 Å². The largest absolute Gasteiger partial charge is 0.358 e. The molecule has 2 aliphatic heterocycles. The van der Waals surface area contributed by atoms with Crippen molar-refractivity contribution < 1.29 is 14.2 Å². The second-order valence-electron chi connectivity index (χ2n) is 6.39. The SMILES string of the molecule is C=C(C)C[N+]1=C(SCCCCCC)N=C2C1C(=O)N(C)C(=O)N2C. The molecule has 0 aromatic heterocycles. The number of rotatable bonds is 7. The molecule has 0 spiro atoms. The smallest absolute Gasteiger partial charge is 0.269 e. The molecule has 6 nitrogen and oxygen atoms in total. The van der Waals surface area contributed by atoms with E-state index in [9.17, 15) is 9.59 Å². The Labute approximate surface area is 148 Å². The van der Waals surface area contributed by atoms with Crippen LogP contribution >= 0.6 is 11.8 Å². The predicted octanol–water partition coefficient (Wildman–Crippen LogP) is 2.55. The summed E-state index contributed by atoms with van der Waals surface area (Å²) >= 11 is 1.66. The number of hydrogen-bond donors (Lipinski definition) is 0. The van der Waals surface area contributed by atoms with Gasteiger partial charge in [0.15, 0.2) is 0 Å². The van der Waals surface area contributed by atoms with Crippen molar-refractivity contribution in [3.05, 3.63) is 12.2 Å². The van der Waals surface area contributed by atoms with Gasteiger partial charge in [0, 0.05) is 19.8 Å². The van der Waals surface area contributed by atoms with Gasteiger partial charge >= 0.3 is 11.2 Å². The highest BCUT2D eigenvalue weighted by atomic mass is 32.2. The van der Waals surface area contributed by atoms with Gasteiger partial charge in [0.2, 0.25) is 0 Å². The van der Waals surface area contributed by atoms with E-state index in [0.717, 1.165) is 22.9 Å². The fraction of sp³-hybridized carbons (Fsp3) is 0.647. The third-order valence-corrected chi connectivity index (χ3v) is 5.24. The van der Waals surface area contributed by atoms with Crippen LogP contribution in [0.25, 0.3) is 0 Å². The number of unbranched alkanes of at least 4 members (excludes halogenated alkanes) is 3. The maximum Gasteiger partial charge on any atom is 0.358 e. The Morgan fingerprint density at radius 1 is 1.25 bits per heavy atom. The van der Waals surface area contributed by atoms with Crippen molar-refractivity contribution in [2.75, 3.05) is 26.4 Å². The Hall–Kier alpha value is -1.63. The van der Waals surface area contributed by atoms with Gasteiger partial charge in [-0.2, -0.15) is 0 Å². The lowest BCUT2D eigenvalue weighted by molar-refractivity contribution is -0.524. The second kappa shape index (κ2) is 7.96. The van der Waals surface area contributed by atoms with Crippen LogP contribution in [0.3, 0.4) is 0 Å². The molecule has 1 fully saturated rings. The quantitative estimate of drug-likeness (QED) is 0.402. The number of nitrogens with zero attached hydrogens (tertiary/aromatic N) is 4. The van der Waals surface area contributed by atoms with Crippen LogP contribution in [0, 0.1) is 0 Å². The van der Waals surface area contributed by atoms with E-state index in [4.69, 9.17) is 0 Å². The number of urea groups is 1. The molecule has 0 aliphatic carbocycles. The first kappa shape index (κ1) is 18.7. The number of aliphatic imine (C=N–C) groups is 1. The minimum Gasteiger partial charge on any atom is -0.269 e. The molecule has 3 amide bonds. The first-order valence-corrected chi connectivity index (χ1v) is 9.41. The standard InChI is InChI=1S/C17H27N4O2S/c1-6-7-8-9-10-24-16-18-14-13(21(16)11-12(2)3)15(22)20(5)17(23)19(14)4/h13H,2,6-11H2,1,3-5H3/q+1. The maximum atomic E-state index is 12.6. The Bertz CT molecular complexity index is 612. The van der Waals surface area contributed by atoms with Gasteiger partial charge in [0.25, 0.3) is 17.8 Å². The Balaban J connectivity index is 2.22. The van der Waals surface area contributed by atoms with Crippen molar-refractivity contribution in [1.29, 1.82) is 0 Å². The summed E-state index contributed by atoms with van der Waals surface area (Å²) in [6.45, 7) is 8.67. The zero-order valence-corrected chi connectivity index (χ0v) is 15.9. The van der Waals surface area contributed by atoms with Crippen molar-refractivity contribution in [1.82, 2.24) is 9.80 Å². The van der Waals surface area contributed by atoms with E-state index in [1.54, 1.807) is 18.8 Å². The molecule has 0 N–H and O–H groups in total. The van der Waals surface area contributed by atoms with Gasteiger partial charge in [-0.1, -0.05) is 32.8 Å². The van der Waals surface area contributed by atoms with Crippen molar-refractivity contribution in [3.8, 4) is 0 Å². The minimum absolute atomic E-state index is 0.223. The number of imide groups is 1. The molecule has 0 radical (unpaired) electrons. The number of carbonyl (C=O) groups excluding carboxylic acids is 2. The fourth-order valence-corrected chi connectivity index (χ4v) is 3.86. The first-order valence-electron chi connectivity index (χ1n) is 8.43. The van der Waals surface area contributed by atoms with Crippen LogP contribution < -0.4 is 0 Å². The number of amidine groups is 2. The molecule has 0 aromatic carbocycles. The lowest BCUT2D eigenvalue weighted by atomic mass is 10.1. The third kappa shape index (κ3) is 3.71. The summed E-state index contributed by atoms with van der Waals surface area (Å²) < 4.78 is 1.98. The lowest BCUT2D eigenvalue weighted by Crippen LogP contribution is -2.61. The molecular formula is C17H27N4O2S+. The highest BCUT2D eigenvalue weighted by Crippen LogP contribution is 2.24. The zero-order chi connectivity index (χ0) is 17.9. The molecule has 2 heterocycles. The van der Waals surface area contributed by atoms with Crippen molar-refractivity contribution >= 4 is 34.7 Å². The zero-order valence-electron chi connectivity index (χ0n) is 15.0. The normalized spacial score (nSPS) is 20.7. The molecule has 0 bridgehead atoms. The summed E-state index contributed by atoms with van der Waals surface area (Å²) in [5, 5.41) is 0.817. The Morgan fingerprint density at radius 2 is 1.96 bits per heavy atom. The highest BCUT2D eigenvalue weighted by molar-refractivity contribution is 8.13. The summed E-state index contributed by atoms with van der Waals surface area (Å²) in [7, 11) is 3.19. The highest BCUT2D eigenvalue weighted by Gasteiger charge is 2.53. The number of hydrogen-bond acceptors (Lipinski definition) is 4. The fourth-order valence-electron chi connectivity index (χ4n) is 2.83. The van der Waals surface area contributed by atoms with Crippen molar-refractivity contribution in [2.45, 2.75) is 45.6 Å². The summed E-state index contributed by atoms with van der Waals surface area (Å²) in [5.74, 6) is 1.27. The molecule has 1 saturated heterocycles. The second-order valence-corrected chi connectivity index (χ2v) is 7.45. The van der Waals surface area contributed by atoms with Crippen LogP contribution in [0.4, 0.5) is 4.79 Å². The molecular weight excluding hydrogens is 324 g/mol. The number of carbonyl (C=O) groups is 2. The van der Waals surface area contributed by atoms with Gasteiger partial charge in [-0.15, -0.1) is 0 Å². The summed E-state index contributed by atoms with van der Waals surface area (Å²) in [5.41, 5.74) is 0.963. The van der Waals surface area contributed by atoms with Crippen LogP contribution in [-0.4, -0.2) is 69.8 Å². The maximum absolute atomic E-state index is 12.6. The summed E-state index contributed by atoms with van der Waals surface area (Å²) in [6, 6.07) is -0.855. The minimum atomic E-state index is -0.521. The van der Waals surface area contributed by atoms with Crippen LogP contribution in [0.2, 0.25) is 0 Å². The molecule has 2 aliphatic rings. The van der Waals surface area contributed by atoms with Gasteiger partial charge in [-0.25, -0.2) is 9.37 Å². The molecule has 0 aromatic rings. The molecule has 7 heteroatoms. The van der Waals surface area contributed by atoms with Gasteiger partial charge in [-0.3, -0.25) is 14.6 Å². The topological polar surface area (TPSA) is 56.0 Å². The van der Waals surface area contributed by atoms with Crippen LogP contribution in [-0.2, 0) is 4.79 Å². The van der Waals surface area contributed by atoms with Gasteiger partial charge < -0.3 is 0 Å². The number of amides is 3. The van der Waals surface area contributed by atoms with E-state index in [2.05, 4.69) is 18.5 Å². The van der Waals surface area contributed by atoms with Gasteiger partial charge in [0.1, 0.15) is 6.54 Å². The number of fused-ring (bicyclic) bond motifs is 1. The predicted molar refractivity (Wildman–Crippen MR) is 98.7 cm³/mol.